The molecule has 0 aliphatic heterocycles. The first kappa shape index (κ1) is 14.0. The minimum atomic E-state index is 0.533. The van der Waals surface area contributed by atoms with Gasteiger partial charge in [0.15, 0.2) is 0 Å². The van der Waals surface area contributed by atoms with Crippen LogP contribution in [0.2, 0.25) is 0 Å². The Morgan fingerprint density at radius 3 is 2.06 bits per heavy atom. The van der Waals surface area contributed by atoms with Gasteiger partial charge in [0.25, 0.3) is 0 Å². The highest BCUT2D eigenvalue weighted by molar-refractivity contribution is 4.87. The van der Waals surface area contributed by atoms with Gasteiger partial charge in [-0.2, -0.15) is 0 Å². The molecule has 0 heterocycles. The van der Waals surface area contributed by atoms with E-state index in [4.69, 9.17) is 5.84 Å². The van der Waals surface area contributed by atoms with Gasteiger partial charge in [0.2, 0.25) is 0 Å². The smallest absolute Gasteiger partial charge is 0.0266 e. The average Bonchev–Trinajstić information content (AvgIpc) is 2.26. The predicted molar refractivity (Wildman–Crippen MR) is 70.9 cm³/mol. The van der Waals surface area contributed by atoms with E-state index in [1.807, 2.05) is 0 Å². The lowest BCUT2D eigenvalue weighted by Crippen LogP contribution is -2.47. The number of hydrogen-bond donors (Lipinski definition) is 2. The summed E-state index contributed by atoms with van der Waals surface area (Å²) >= 11 is 0. The molecule has 1 rings (SSSR count). The number of nitrogens with one attached hydrogen (secondary N) is 1. The van der Waals surface area contributed by atoms with E-state index < -0.39 is 0 Å². The van der Waals surface area contributed by atoms with E-state index >= 15 is 0 Å². The minimum absolute atomic E-state index is 0.533. The average molecular weight is 226 g/mol. The zero-order chi connectivity index (χ0) is 12.2. The van der Waals surface area contributed by atoms with Crippen molar-refractivity contribution in [2.24, 2.45) is 23.1 Å². The minimum Gasteiger partial charge on any atom is -0.271 e. The molecule has 1 aliphatic rings. The first-order chi connectivity index (χ1) is 7.54. The van der Waals surface area contributed by atoms with Crippen LogP contribution >= 0.6 is 0 Å². The SMILES string of the molecule is CCC(CC)C(NN)C1CCC(C)(C)CC1. The Kier molecular flexibility index (Phi) is 5.26. The fourth-order valence-electron chi connectivity index (χ4n) is 3.23. The summed E-state index contributed by atoms with van der Waals surface area (Å²) in [6, 6.07) is 0.533. The van der Waals surface area contributed by atoms with Crippen molar-refractivity contribution in [1.82, 2.24) is 5.43 Å². The van der Waals surface area contributed by atoms with Crippen molar-refractivity contribution in [3.8, 4) is 0 Å². The van der Waals surface area contributed by atoms with Gasteiger partial charge in [0.1, 0.15) is 0 Å². The first-order valence-electron chi connectivity index (χ1n) is 7.00. The molecular formula is C14H30N2. The highest BCUT2D eigenvalue weighted by atomic mass is 15.2. The maximum absolute atomic E-state index is 5.77. The van der Waals surface area contributed by atoms with Gasteiger partial charge in [-0.25, -0.2) is 0 Å². The molecule has 16 heavy (non-hydrogen) atoms. The molecular weight excluding hydrogens is 196 g/mol. The van der Waals surface area contributed by atoms with Crippen LogP contribution in [-0.2, 0) is 0 Å². The van der Waals surface area contributed by atoms with E-state index in [-0.39, 0.29) is 0 Å². The van der Waals surface area contributed by atoms with Gasteiger partial charge < -0.3 is 0 Å². The molecule has 1 saturated carbocycles. The molecule has 1 unspecified atom stereocenters. The van der Waals surface area contributed by atoms with Crippen molar-refractivity contribution in [2.75, 3.05) is 0 Å². The number of hydrazine groups is 1. The molecule has 0 aromatic heterocycles. The normalized spacial score (nSPS) is 23.6. The standard InChI is InChI=1S/C14H30N2/c1-5-11(6-2)13(16-15)12-7-9-14(3,4)10-8-12/h11-13,16H,5-10,15H2,1-4H3. The number of hydrogen-bond acceptors (Lipinski definition) is 2. The van der Waals surface area contributed by atoms with E-state index in [2.05, 4.69) is 33.1 Å². The van der Waals surface area contributed by atoms with Gasteiger partial charge in [-0.05, 0) is 42.9 Å². The van der Waals surface area contributed by atoms with Gasteiger partial charge in [-0.15, -0.1) is 0 Å². The van der Waals surface area contributed by atoms with Crippen LogP contribution in [0.15, 0.2) is 0 Å². The Morgan fingerprint density at radius 2 is 1.69 bits per heavy atom. The third-order valence-corrected chi connectivity index (χ3v) is 4.64. The Bertz CT molecular complexity index is 187. The van der Waals surface area contributed by atoms with Crippen molar-refractivity contribution < 1.29 is 0 Å². The lowest BCUT2D eigenvalue weighted by Gasteiger charge is -2.40. The Hall–Kier alpha value is -0.0800. The monoisotopic (exact) mass is 226 g/mol. The van der Waals surface area contributed by atoms with Crippen molar-refractivity contribution in [2.45, 2.75) is 72.3 Å². The molecule has 3 N–H and O–H groups in total. The van der Waals surface area contributed by atoms with Crippen LogP contribution in [0.1, 0.15) is 66.2 Å². The van der Waals surface area contributed by atoms with Gasteiger partial charge in [-0.1, -0.05) is 40.5 Å². The predicted octanol–water partition coefficient (Wildman–Crippen LogP) is 3.47. The van der Waals surface area contributed by atoms with E-state index in [0.29, 0.717) is 11.5 Å². The topological polar surface area (TPSA) is 38.0 Å². The fraction of sp³-hybridized carbons (Fsp3) is 1.00. The fourth-order valence-corrected chi connectivity index (χ4v) is 3.23. The van der Waals surface area contributed by atoms with Gasteiger partial charge in [-0.3, -0.25) is 11.3 Å². The molecule has 1 fully saturated rings. The summed E-state index contributed by atoms with van der Waals surface area (Å²) in [6.45, 7) is 9.35. The van der Waals surface area contributed by atoms with Crippen molar-refractivity contribution >= 4 is 0 Å². The molecule has 2 heteroatoms. The molecule has 1 atom stereocenters. The van der Waals surface area contributed by atoms with E-state index in [0.717, 1.165) is 11.8 Å². The van der Waals surface area contributed by atoms with Gasteiger partial charge in [0, 0.05) is 6.04 Å². The summed E-state index contributed by atoms with van der Waals surface area (Å²) in [6.07, 6.45) is 7.89. The highest BCUT2D eigenvalue weighted by Gasteiger charge is 2.33. The summed E-state index contributed by atoms with van der Waals surface area (Å²) in [5.41, 5.74) is 3.66. The summed E-state index contributed by atoms with van der Waals surface area (Å²) < 4.78 is 0. The summed E-state index contributed by atoms with van der Waals surface area (Å²) in [7, 11) is 0. The summed E-state index contributed by atoms with van der Waals surface area (Å²) in [5, 5.41) is 0. The van der Waals surface area contributed by atoms with Crippen molar-refractivity contribution in [1.29, 1.82) is 0 Å². The van der Waals surface area contributed by atoms with Crippen LogP contribution in [0.3, 0.4) is 0 Å². The molecule has 0 radical (unpaired) electrons. The van der Waals surface area contributed by atoms with Crippen molar-refractivity contribution in [3.05, 3.63) is 0 Å². The van der Waals surface area contributed by atoms with E-state index in [9.17, 15) is 0 Å². The highest BCUT2D eigenvalue weighted by Crippen LogP contribution is 2.40. The second-order valence-electron chi connectivity index (χ2n) is 6.27. The lowest BCUT2D eigenvalue weighted by molar-refractivity contribution is 0.132. The largest absolute Gasteiger partial charge is 0.271 e. The molecule has 2 nitrogen and oxygen atoms in total. The van der Waals surface area contributed by atoms with Crippen LogP contribution in [-0.4, -0.2) is 6.04 Å². The second-order valence-corrected chi connectivity index (χ2v) is 6.27. The molecule has 0 aromatic rings. The molecule has 0 amide bonds. The van der Waals surface area contributed by atoms with Crippen LogP contribution in [0, 0.1) is 17.3 Å². The Labute approximate surface area is 101 Å². The summed E-state index contributed by atoms with van der Waals surface area (Å²) in [4.78, 5) is 0. The Balaban J connectivity index is 2.55. The van der Waals surface area contributed by atoms with Crippen LogP contribution in [0.5, 0.6) is 0 Å². The van der Waals surface area contributed by atoms with Crippen molar-refractivity contribution in [3.63, 3.8) is 0 Å². The van der Waals surface area contributed by atoms with Gasteiger partial charge >= 0.3 is 0 Å². The van der Waals surface area contributed by atoms with Crippen LogP contribution in [0.4, 0.5) is 0 Å². The lowest BCUT2D eigenvalue weighted by atomic mass is 9.69. The maximum Gasteiger partial charge on any atom is 0.0266 e. The molecule has 0 saturated heterocycles. The third-order valence-electron chi connectivity index (χ3n) is 4.64. The Morgan fingerprint density at radius 1 is 1.19 bits per heavy atom. The molecule has 1 aliphatic carbocycles. The van der Waals surface area contributed by atoms with E-state index in [1.54, 1.807) is 0 Å². The quantitative estimate of drug-likeness (QED) is 0.556. The zero-order valence-corrected chi connectivity index (χ0v) is 11.6. The molecule has 0 spiro atoms. The molecule has 96 valence electrons. The number of rotatable bonds is 5. The maximum atomic E-state index is 5.77. The first-order valence-corrected chi connectivity index (χ1v) is 7.00. The van der Waals surface area contributed by atoms with Gasteiger partial charge in [0.05, 0.1) is 0 Å². The summed E-state index contributed by atoms with van der Waals surface area (Å²) in [5.74, 6) is 7.31. The number of nitrogens with two attached hydrogens (primary N) is 1. The third kappa shape index (κ3) is 3.46. The molecule has 0 bridgehead atoms. The van der Waals surface area contributed by atoms with E-state index in [1.165, 1.54) is 38.5 Å². The second kappa shape index (κ2) is 6.02. The molecule has 0 aromatic carbocycles. The van der Waals surface area contributed by atoms with Crippen LogP contribution in [0.25, 0.3) is 0 Å². The zero-order valence-electron chi connectivity index (χ0n) is 11.6. The van der Waals surface area contributed by atoms with Crippen LogP contribution < -0.4 is 11.3 Å².